The first-order chi connectivity index (χ1) is 16.3. The number of aryl methyl sites for hydroxylation is 1. The van der Waals surface area contributed by atoms with Gasteiger partial charge in [0.05, 0.1) is 5.54 Å². The van der Waals surface area contributed by atoms with E-state index in [0.717, 1.165) is 42.9 Å². The summed E-state index contributed by atoms with van der Waals surface area (Å²) in [5.74, 6) is 0.733. The molecule has 1 saturated heterocycles. The van der Waals surface area contributed by atoms with Crippen molar-refractivity contribution in [3.8, 4) is 0 Å². The van der Waals surface area contributed by atoms with Crippen LogP contribution < -0.4 is 5.56 Å². The molecular weight excluding hydrogens is 426 g/mol. The van der Waals surface area contributed by atoms with E-state index in [9.17, 15) is 4.79 Å². The lowest BCUT2D eigenvalue weighted by atomic mass is 9.93. The molecule has 1 aliphatic heterocycles. The summed E-state index contributed by atoms with van der Waals surface area (Å²) in [6.45, 7) is 12.2. The van der Waals surface area contributed by atoms with Crippen molar-refractivity contribution in [2.75, 3.05) is 26.2 Å². The SMILES string of the molecule is Cc1ccc2[nH]c(=O)c([C@H](c3nnnn3C(C)(C)C)N3CCN(C4CCCCC4)CC3)cc2c1. The molecule has 0 radical (unpaired) electrons. The van der Waals surface area contributed by atoms with Crippen LogP contribution in [0.3, 0.4) is 0 Å². The molecule has 34 heavy (non-hydrogen) atoms. The largest absolute Gasteiger partial charge is 0.322 e. The normalized spacial score (nSPS) is 20.1. The zero-order valence-corrected chi connectivity index (χ0v) is 20.9. The van der Waals surface area contributed by atoms with Crippen LogP contribution in [0.15, 0.2) is 29.1 Å². The molecule has 0 spiro atoms. The van der Waals surface area contributed by atoms with Gasteiger partial charge in [0.1, 0.15) is 6.04 Å². The second-order valence-corrected chi connectivity index (χ2v) is 11.0. The highest BCUT2D eigenvalue weighted by Gasteiger charge is 2.36. The Balaban J connectivity index is 1.53. The van der Waals surface area contributed by atoms with Crippen LogP contribution in [0.2, 0.25) is 0 Å². The summed E-state index contributed by atoms with van der Waals surface area (Å²) < 4.78 is 1.88. The molecule has 8 heteroatoms. The Kier molecular flexibility index (Phi) is 6.29. The molecule has 1 aliphatic carbocycles. The molecule has 3 aromatic rings. The predicted octanol–water partition coefficient (Wildman–Crippen LogP) is 3.62. The number of benzene rings is 1. The second-order valence-electron chi connectivity index (χ2n) is 11.0. The van der Waals surface area contributed by atoms with Crippen LogP contribution in [0.25, 0.3) is 10.9 Å². The molecule has 1 atom stereocenters. The summed E-state index contributed by atoms with van der Waals surface area (Å²) in [6, 6.07) is 8.59. The van der Waals surface area contributed by atoms with Crippen LogP contribution in [-0.2, 0) is 5.54 Å². The average Bonchev–Trinajstić information content (AvgIpc) is 3.31. The predicted molar refractivity (Wildman–Crippen MR) is 134 cm³/mol. The van der Waals surface area contributed by atoms with Crippen LogP contribution in [0, 0.1) is 6.92 Å². The number of tetrazole rings is 1. The smallest absolute Gasteiger partial charge is 0.253 e. The summed E-state index contributed by atoms with van der Waals surface area (Å²) in [7, 11) is 0. The number of H-pyrrole nitrogens is 1. The number of fused-ring (bicyclic) bond motifs is 1. The lowest BCUT2D eigenvalue weighted by Gasteiger charge is -2.43. The maximum atomic E-state index is 13.4. The highest BCUT2D eigenvalue weighted by molar-refractivity contribution is 5.79. The van der Waals surface area contributed by atoms with Gasteiger partial charge in [-0.25, -0.2) is 4.68 Å². The number of pyridine rings is 1. The Morgan fingerprint density at radius 3 is 2.47 bits per heavy atom. The first kappa shape index (κ1) is 23.2. The van der Waals surface area contributed by atoms with Gasteiger partial charge in [0.25, 0.3) is 5.56 Å². The molecule has 8 nitrogen and oxygen atoms in total. The van der Waals surface area contributed by atoms with Crippen LogP contribution in [0.5, 0.6) is 0 Å². The van der Waals surface area contributed by atoms with Gasteiger partial charge >= 0.3 is 0 Å². The standard InChI is InChI=1S/C26H37N7O/c1-18-10-11-22-19(16-18)17-21(25(34)27-22)23(24-28-29-30-33(24)26(2,3)4)32-14-12-31(13-15-32)20-8-6-5-7-9-20/h10-11,16-17,20,23H,5-9,12-15H2,1-4H3,(H,27,34)/t23-/m1/s1. The number of rotatable bonds is 4. The number of hydrogen-bond donors (Lipinski definition) is 1. The number of nitrogens with one attached hydrogen (secondary N) is 1. The third-order valence-electron chi connectivity index (χ3n) is 7.50. The minimum atomic E-state index is -0.295. The van der Waals surface area contributed by atoms with Crippen LogP contribution in [0.4, 0.5) is 0 Å². The van der Waals surface area contributed by atoms with Crippen molar-refractivity contribution in [1.29, 1.82) is 0 Å². The van der Waals surface area contributed by atoms with E-state index < -0.39 is 0 Å². The highest BCUT2D eigenvalue weighted by atomic mass is 16.1. The molecule has 182 valence electrons. The molecule has 2 fully saturated rings. The van der Waals surface area contributed by atoms with E-state index in [1.165, 1.54) is 37.7 Å². The van der Waals surface area contributed by atoms with Crippen molar-refractivity contribution in [1.82, 2.24) is 35.0 Å². The summed E-state index contributed by atoms with van der Waals surface area (Å²) in [5, 5.41) is 13.9. The van der Waals surface area contributed by atoms with Gasteiger partial charge in [0.15, 0.2) is 5.82 Å². The second kappa shape index (κ2) is 9.23. The maximum Gasteiger partial charge on any atom is 0.253 e. The van der Waals surface area contributed by atoms with Crippen molar-refractivity contribution in [3.63, 3.8) is 0 Å². The summed E-state index contributed by atoms with van der Waals surface area (Å²) in [6.07, 6.45) is 6.70. The number of aromatic amines is 1. The Labute approximate surface area is 201 Å². The molecule has 3 heterocycles. The van der Waals surface area contributed by atoms with Crippen molar-refractivity contribution in [2.24, 2.45) is 0 Å². The fourth-order valence-corrected chi connectivity index (χ4v) is 5.69. The maximum absolute atomic E-state index is 13.4. The van der Waals surface area contributed by atoms with Gasteiger partial charge in [-0.15, -0.1) is 5.10 Å². The molecular formula is C26H37N7O. The Morgan fingerprint density at radius 2 is 1.76 bits per heavy atom. The quantitative estimate of drug-likeness (QED) is 0.636. The van der Waals surface area contributed by atoms with E-state index in [4.69, 9.17) is 0 Å². The molecule has 5 rings (SSSR count). The van der Waals surface area contributed by atoms with E-state index >= 15 is 0 Å². The Bertz CT molecular complexity index is 1190. The van der Waals surface area contributed by atoms with Crippen molar-refractivity contribution < 1.29 is 0 Å². The fraction of sp³-hybridized carbons (Fsp3) is 0.615. The summed E-state index contributed by atoms with van der Waals surface area (Å²) >= 11 is 0. The summed E-state index contributed by atoms with van der Waals surface area (Å²) in [5.41, 5.74) is 2.38. The lowest BCUT2D eigenvalue weighted by molar-refractivity contribution is 0.0606. The van der Waals surface area contributed by atoms with Gasteiger partial charge < -0.3 is 4.98 Å². The van der Waals surface area contributed by atoms with E-state index in [0.29, 0.717) is 11.6 Å². The van der Waals surface area contributed by atoms with E-state index in [1.54, 1.807) is 0 Å². The van der Waals surface area contributed by atoms with Crippen LogP contribution in [0.1, 0.15) is 75.9 Å². The molecule has 1 saturated carbocycles. The van der Waals surface area contributed by atoms with Crippen LogP contribution >= 0.6 is 0 Å². The van der Waals surface area contributed by atoms with Crippen LogP contribution in [-0.4, -0.2) is 67.2 Å². The first-order valence-corrected chi connectivity index (χ1v) is 12.7. The van der Waals surface area contributed by atoms with E-state index in [2.05, 4.69) is 64.1 Å². The highest BCUT2D eigenvalue weighted by Crippen LogP contribution is 2.31. The Morgan fingerprint density at radius 1 is 1.03 bits per heavy atom. The zero-order chi connectivity index (χ0) is 23.9. The summed E-state index contributed by atoms with van der Waals surface area (Å²) in [4.78, 5) is 21.6. The molecule has 1 aromatic carbocycles. The van der Waals surface area contributed by atoms with Gasteiger partial charge in [-0.05, 0) is 74.5 Å². The zero-order valence-electron chi connectivity index (χ0n) is 20.9. The average molecular weight is 464 g/mol. The minimum Gasteiger partial charge on any atom is -0.322 e. The number of aromatic nitrogens is 5. The molecule has 0 unspecified atom stereocenters. The number of hydrogen-bond acceptors (Lipinski definition) is 6. The molecule has 0 bridgehead atoms. The van der Waals surface area contributed by atoms with Gasteiger partial charge in [-0.3, -0.25) is 14.6 Å². The first-order valence-electron chi connectivity index (χ1n) is 12.7. The topological polar surface area (TPSA) is 82.9 Å². The monoisotopic (exact) mass is 463 g/mol. The fourth-order valence-electron chi connectivity index (χ4n) is 5.69. The Hall–Kier alpha value is -2.58. The van der Waals surface area contributed by atoms with Gasteiger partial charge in [-0.1, -0.05) is 30.9 Å². The van der Waals surface area contributed by atoms with Crippen molar-refractivity contribution >= 4 is 10.9 Å². The molecule has 0 amide bonds. The molecule has 2 aliphatic rings. The molecule has 2 aromatic heterocycles. The van der Waals surface area contributed by atoms with Gasteiger partial charge in [-0.2, -0.15) is 0 Å². The lowest BCUT2D eigenvalue weighted by Crippen LogP contribution is -2.52. The number of piperazine rings is 1. The van der Waals surface area contributed by atoms with Gasteiger partial charge in [0, 0.05) is 43.3 Å². The van der Waals surface area contributed by atoms with E-state index in [-0.39, 0.29) is 17.1 Å². The molecule has 1 N–H and O–H groups in total. The van der Waals surface area contributed by atoms with Gasteiger partial charge in [0.2, 0.25) is 0 Å². The third kappa shape index (κ3) is 4.53. The number of nitrogens with zero attached hydrogens (tertiary/aromatic N) is 6. The van der Waals surface area contributed by atoms with Crippen molar-refractivity contribution in [3.05, 3.63) is 51.6 Å². The van der Waals surface area contributed by atoms with Crippen molar-refractivity contribution in [2.45, 2.75) is 77.4 Å². The third-order valence-corrected chi connectivity index (χ3v) is 7.50. The van der Waals surface area contributed by atoms with E-state index in [1.807, 2.05) is 22.9 Å². The minimum absolute atomic E-state index is 0.0699.